The summed E-state index contributed by atoms with van der Waals surface area (Å²) < 4.78 is 13.2. The van der Waals surface area contributed by atoms with Crippen LogP contribution in [0.1, 0.15) is 48.0 Å². The maximum Gasteiger partial charge on any atom is 0.256 e. The number of aromatic nitrogens is 1. The molecule has 176 valence electrons. The van der Waals surface area contributed by atoms with E-state index in [1.807, 2.05) is 23.1 Å². The van der Waals surface area contributed by atoms with Crippen molar-refractivity contribution in [3.05, 3.63) is 71.7 Å². The fraction of sp³-hybridized carbons (Fsp3) is 0.346. The molecular formula is C26H27FN4O2S. The minimum absolute atomic E-state index is 0.155. The Bertz CT molecular complexity index is 1190. The van der Waals surface area contributed by atoms with Crippen molar-refractivity contribution in [1.29, 1.82) is 0 Å². The Morgan fingerprint density at radius 2 is 1.88 bits per heavy atom. The number of nitrogens with zero attached hydrogens (tertiary/aromatic N) is 2. The van der Waals surface area contributed by atoms with E-state index in [2.05, 4.69) is 21.7 Å². The van der Waals surface area contributed by atoms with Gasteiger partial charge in [-0.05, 0) is 61.2 Å². The molecule has 1 saturated carbocycles. The van der Waals surface area contributed by atoms with Gasteiger partial charge in [-0.15, -0.1) is 0 Å². The zero-order valence-electron chi connectivity index (χ0n) is 19.0. The normalized spacial score (nSPS) is 20.2. The fourth-order valence-electron chi connectivity index (χ4n) is 4.56. The largest absolute Gasteiger partial charge is 0.343 e. The summed E-state index contributed by atoms with van der Waals surface area (Å²) in [5, 5.41) is 8.05. The lowest BCUT2D eigenvalue weighted by Crippen LogP contribution is -2.45. The Morgan fingerprint density at radius 3 is 2.62 bits per heavy atom. The summed E-state index contributed by atoms with van der Waals surface area (Å²) in [4.78, 5) is 30.6. The molecule has 1 aliphatic heterocycles. The molecule has 2 fully saturated rings. The van der Waals surface area contributed by atoms with Gasteiger partial charge in [0.2, 0.25) is 5.91 Å². The van der Waals surface area contributed by atoms with Gasteiger partial charge in [-0.1, -0.05) is 23.5 Å². The van der Waals surface area contributed by atoms with E-state index in [4.69, 9.17) is 0 Å². The Balaban J connectivity index is 1.17. The summed E-state index contributed by atoms with van der Waals surface area (Å²) in [6.45, 7) is 3.27. The van der Waals surface area contributed by atoms with Crippen molar-refractivity contribution in [3.63, 3.8) is 0 Å². The van der Waals surface area contributed by atoms with Gasteiger partial charge >= 0.3 is 0 Å². The molecule has 0 spiro atoms. The first-order valence-electron chi connectivity index (χ1n) is 11.6. The molecular weight excluding hydrogens is 451 g/mol. The molecule has 0 radical (unpaired) electrons. The number of halogens is 1. The first-order chi connectivity index (χ1) is 16.5. The van der Waals surface area contributed by atoms with E-state index >= 15 is 0 Å². The number of anilines is 1. The minimum atomic E-state index is -0.291. The van der Waals surface area contributed by atoms with Crippen molar-refractivity contribution in [2.24, 2.45) is 0 Å². The molecule has 2 N–H and O–H groups in total. The van der Waals surface area contributed by atoms with Crippen LogP contribution in [0.3, 0.4) is 0 Å². The molecule has 2 atom stereocenters. The van der Waals surface area contributed by atoms with Crippen LogP contribution in [0.25, 0.3) is 10.6 Å². The minimum Gasteiger partial charge on any atom is -0.343 e. The summed E-state index contributed by atoms with van der Waals surface area (Å²) in [5.74, 6) is 0.105. The van der Waals surface area contributed by atoms with E-state index in [1.165, 1.54) is 29.0 Å². The monoisotopic (exact) mass is 478 g/mol. The van der Waals surface area contributed by atoms with Crippen molar-refractivity contribution in [2.45, 2.75) is 44.2 Å². The Labute approximate surface area is 202 Å². The molecule has 6 nitrogen and oxygen atoms in total. The summed E-state index contributed by atoms with van der Waals surface area (Å²) in [6.07, 6.45) is 4.66. The summed E-state index contributed by atoms with van der Waals surface area (Å²) in [5.41, 5.74) is 2.60. The molecule has 1 saturated heterocycles. The number of benzene rings is 2. The molecule has 5 rings (SSSR count). The number of piperidine rings is 1. The van der Waals surface area contributed by atoms with E-state index in [-0.39, 0.29) is 17.6 Å². The second-order valence-electron chi connectivity index (χ2n) is 9.01. The number of rotatable bonds is 6. The van der Waals surface area contributed by atoms with Crippen molar-refractivity contribution < 1.29 is 14.0 Å². The van der Waals surface area contributed by atoms with Gasteiger partial charge < -0.3 is 15.5 Å². The molecule has 0 unspecified atom stereocenters. The molecule has 1 aliphatic carbocycles. The van der Waals surface area contributed by atoms with Crippen LogP contribution in [0.5, 0.6) is 0 Å². The second-order valence-corrected chi connectivity index (χ2v) is 10.0. The van der Waals surface area contributed by atoms with Crippen LogP contribution in [0.4, 0.5) is 9.39 Å². The van der Waals surface area contributed by atoms with Crippen molar-refractivity contribution in [3.8, 4) is 10.6 Å². The number of carbonyl (C=O) groups is 2. The third-order valence-electron chi connectivity index (χ3n) is 6.59. The predicted octanol–water partition coefficient (Wildman–Crippen LogP) is 4.66. The number of hydrogen-bond acceptors (Lipinski definition) is 5. The number of carbonyl (C=O) groups excluding carboxylic acids is 2. The van der Waals surface area contributed by atoms with Crippen LogP contribution in [-0.2, 0) is 4.79 Å². The van der Waals surface area contributed by atoms with Gasteiger partial charge in [0.15, 0.2) is 0 Å². The van der Waals surface area contributed by atoms with Crippen LogP contribution in [-0.4, -0.2) is 46.9 Å². The third-order valence-corrected chi connectivity index (χ3v) is 7.55. The van der Waals surface area contributed by atoms with E-state index in [1.54, 1.807) is 25.3 Å². The van der Waals surface area contributed by atoms with Gasteiger partial charge in [0, 0.05) is 49.1 Å². The van der Waals surface area contributed by atoms with Gasteiger partial charge in [-0.3, -0.25) is 9.59 Å². The van der Waals surface area contributed by atoms with Gasteiger partial charge in [0.1, 0.15) is 15.8 Å². The zero-order chi connectivity index (χ0) is 23.7. The van der Waals surface area contributed by atoms with Crippen LogP contribution in [0.15, 0.2) is 54.7 Å². The second kappa shape index (κ2) is 9.64. The Hall–Kier alpha value is -3.10. The molecule has 2 amide bonds. The van der Waals surface area contributed by atoms with E-state index in [0.717, 1.165) is 42.9 Å². The first kappa shape index (κ1) is 22.7. The number of thiazole rings is 1. The van der Waals surface area contributed by atoms with Gasteiger partial charge in [0.25, 0.3) is 5.91 Å². The number of amides is 2. The summed E-state index contributed by atoms with van der Waals surface area (Å²) in [6, 6.07) is 14.8. The Morgan fingerprint density at radius 1 is 1.12 bits per heavy atom. The smallest absolute Gasteiger partial charge is 0.256 e. The third kappa shape index (κ3) is 5.18. The molecule has 8 heteroatoms. The number of likely N-dealkylation sites (tertiary alicyclic amines) is 1. The lowest BCUT2D eigenvalue weighted by Gasteiger charge is -2.32. The standard InChI is InChI=1S/C26H27FN4O2S/c1-16(32)31-11-9-21(10-12-31)29-23-14-22(23)18-3-2-4-19(13-18)25(33)30-24-15-28-26(34-24)17-5-7-20(27)8-6-17/h2-8,13,15,21-23,29H,9-12,14H2,1H3,(H,30,33)/t22-,23+/m0/s1. The van der Waals surface area contributed by atoms with Crippen LogP contribution in [0.2, 0.25) is 0 Å². The first-order valence-corrected chi connectivity index (χ1v) is 12.4. The van der Waals surface area contributed by atoms with Crippen LogP contribution >= 0.6 is 11.3 Å². The predicted molar refractivity (Wildman–Crippen MR) is 131 cm³/mol. The van der Waals surface area contributed by atoms with Gasteiger partial charge in [-0.2, -0.15) is 0 Å². The molecule has 2 aliphatic rings. The maximum absolute atomic E-state index is 13.2. The lowest BCUT2D eigenvalue weighted by atomic mass is 10.0. The molecule has 34 heavy (non-hydrogen) atoms. The highest BCUT2D eigenvalue weighted by Gasteiger charge is 2.40. The summed E-state index contributed by atoms with van der Waals surface area (Å²) >= 11 is 1.36. The van der Waals surface area contributed by atoms with E-state index < -0.39 is 0 Å². The molecule has 2 aromatic carbocycles. The molecule has 2 heterocycles. The van der Waals surface area contributed by atoms with E-state index in [0.29, 0.717) is 28.6 Å². The quantitative estimate of drug-likeness (QED) is 0.541. The van der Waals surface area contributed by atoms with Gasteiger partial charge in [-0.25, -0.2) is 9.37 Å². The lowest BCUT2D eigenvalue weighted by molar-refractivity contribution is -0.129. The highest BCUT2D eigenvalue weighted by molar-refractivity contribution is 7.19. The Kier molecular flexibility index (Phi) is 6.43. The molecule has 0 bridgehead atoms. The fourth-order valence-corrected chi connectivity index (χ4v) is 5.38. The molecule has 3 aromatic rings. The van der Waals surface area contributed by atoms with Gasteiger partial charge in [0.05, 0.1) is 6.20 Å². The highest BCUT2D eigenvalue weighted by Crippen LogP contribution is 2.42. The van der Waals surface area contributed by atoms with Crippen molar-refractivity contribution in [2.75, 3.05) is 18.4 Å². The van der Waals surface area contributed by atoms with E-state index in [9.17, 15) is 14.0 Å². The summed E-state index contributed by atoms with van der Waals surface area (Å²) in [7, 11) is 0. The topological polar surface area (TPSA) is 74.3 Å². The van der Waals surface area contributed by atoms with Crippen molar-refractivity contribution in [1.82, 2.24) is 15.2 Å². The van der Waals surface area contributed by atoms with Crippen LogP contribution in [0, 0.1) is 5.82 Å². The van der Waals surface area contributed by atoms with Crippen LogP contribution < -0.4 is 10.6 Å². The zero-order valence-corrected chi connectivity index (χ0v) is 19.8. The highest BCUT2D eigenvalue weighted by atomic mass is 32.1. The maximum atomic E-state index is 13.2. The SMILES string of the molecule is CC(=O)N1CCC(N[C@@H]2C[C@H]2c2cccc(C(=O)Nc3cnc(-c4ccc(F)cc4)s3)c2)CC1. The number of nitrogens with one attached hydrogen (secondary N) is 2. The average Bonchev–Trinajstić information content (AvgIpc) is 3.46. The van der Waals surface area contributed by atoms with Crippen molar-refractivity contribution >= 4 is 28.2 Å². The molecule has 1 aromatic heterocycles. The number of hydrogen-bond donors (Lipinski definition) is 2. The average molecular weight is 479 g/mol.